The number of hydrogen-bond donors (Lipinski definition) is 3. The first kappa shape index (κ1) is 23.4. The van der Waals surface area contributed by atoms with Gasteiger partial charge in [-0.25, -0.2) is 0 Å². The maximum Gasteiger partial charge on any atom is 0.255 e. The van der Waals surface area contributed by atoms with Gasteiger partial charge in [-0.1, -0.05) is 17.9 Å². The minimum atomic E-state index is -0.635. The Balaban J connectivity index is 1.29. The van der Waals surface area contributed by atoms with Crippen LogP contribution in [0.1, 0.15) is 47.2 Å². The number of piperidine rings is 2. The number of likely N-dealkylation sites (tertiary alicyclic amines) is 1. The number of hydrogen-bond acceptors (Lipinski definition) is 7. The van der Waals surface area contributed by atoms with Gasteiger partial charge in [0.15, 0.2) is 0 Å². The maximum atomic E-state index is 12.9. The van der Waals surface area contributed by atoms with E-state index in [2.05, 4.69) is 22.1 Å². The van der Waals surface area contributed by atoms with Crippen LogP contribution in [0, 0.1) is 11.8 Å². The molecule has 176 valence electrons. The van der Waals surface area contributed by atoms with Crippen LogP contribution < -0.4 is 16.8 Å². The second kappa shape index (κ2) is 10.4. The minimum Gasteiger partial charge on any atom is -0.367 e. The van der Waals surface area contributed by atoms with E-state index in [9.17, 15) is 14.4 Å². The summed E-state index contributed by atoms with van der Waals surface area (Å²) < 4.78 is 5.65. The largest absolute Gasteiger partial charge is 0.367 e. The Hall–Kier alpha value is -2.77. The van der Waals surface area contributed by atoms with Gasteiger partial charge in [-0.05, 0) is 50.0 Å². The Morgan fingerprint density at radius 2 is 1.97 bits per heavy atom. The zero-order valence-corrected chi connectivity index (χ0v) is 18.7. The molecule has 2 saturated heterocycles. The van der Waals surface area contributed by atoms with E-state index < -0.39 is 11.9 Å². The molecule has 0 radical (unpaired) electrons. The first-order valence-electron chi connectivity index (χ1n) is 11.5. The van der Waals surface area contributed by atoms with Gasteiger partial charge in [-0.15, -0.1) is 0 Å². The van der Waals surface area contributed by atoms with E-state index in [0.29, 0.717) is 31.2 Å². The minimum absolute atomic E-state index is 0.0817. The lowest BCUT2D eigenvalue weighted by Gasteiger charge is -2.31. The summed E-state index contributed by atoms with van der Waals surface area (Å²) in [6.07, 6.45) is 2.57. The van der Waals surface area contributed by atoms with Crippen LogP contribution in [0.25, 0.3) is 0 Å². The quantitative estimate of drug-likeness (QED) is 0.302. The molecule has 5 N–H and O–H groups in total. The molecule has 9 nitrogen and oxygen atoms in total. The molecule has 0 bridgehead atoms. The average Bonchev–Trinajstić information content (AvgIpc) is 3.12. The standard InChI is InChI=1S/C24H31N5O4/c25-17-8-10-28(11-9-17)13-18(26)15-33-12-2-4-16-3-1-5-19-20(16)14-29(24(19)32)21-6-7-22(30)27-23(21)31/h1,3,5,17-18,21H,6-15,25-26H2,(H,27,30,31)/t18-,21?/m0/s1. The Kier molecular flexibility index (Phi) is 7.40. The lowest BCUT2D eigenvalue weighted by Crippen LogP contribution is -2.52. The molecule has 0 spiro atoms. The number of fused-ring (bicyclic) bond motifs is 1. The Labute approximate surface area is 193 Å². The van der Waals surface area contributed by atoms with Crippen molar-refractivity contribution in [3.63, 3.8) is 0 Å². The molecule has 3 aliphatic heterocycles. The molecule has 4 rings (SSSR count). The number of carbonyl (C=O) groups is 3. The highest BCUT2D eigenvalue weighted by Crippen LogP contribution is 2.29. The molecule has 1 aromatic rings. The van der Waals surface area contributed by atoms with Gasteiger partial charge in [0.05, 0.1) is 6.61 Å². The predicted molar refractivity (Wildman–Crippen MR) is 122 cm³/mol. The van der Waals surface area contributed by atoms with Crippen LogP contribution in [0.15, 0.2) is 18.2 Å². The summed E-state index contributed by atoms with van der Waals surface area (Å²) in [5.41, 5.74) is 14.2. The number of ether oxygens (including phenoxy) is 1. The summed E-state index contributed by atoms with van der Waals surface area (Å²) in [5.74, 6) is 5.18. The van der Waals surface area contributed by atoms with E-state index in [-0.39, 0.29) is 30.9 Å². The van der Waals surface area contributed by atoms with Gasteiger partial charge in [0.1, 0.15) is 12.6 Å². The molecule has 3 amide bonds. The SMILES string of the molecule is NC1CCN(C[C@H](N)COCC#Cc2cccc3c2CN(C2CCC(=O)NC2=O)C3=O)CC1. The summed E-state index contributed by atoms with van der Waals surface area (Å²) in [6.45, 7) is 3.70. The van der Waals surface area contributed by atoms with Crippen molar-refractivity contribution in [1.82, 2.24) is 15.1 Å². The topological polar surface area (TPSA) is 131 Å². The second-order valence-electron chi connectivity index (χ2n) is 8.95. The van der Waals surface area contributed by atoms with Gasteiger partial charge in [-0.2, -0.15) is 0 Å². The van der Waals surface area contributed by atoms with Crippen LogP contribution in [0.3, 0.4) is 0 Å². The van der Waals surface area contributed by atoms with Crippen molar-refractivity contribution in [3.8, 4) is 11.8 Å². The van der Waals surface area contributed by atoms with Crippen molar-refractivity contribution < 1.29 is 19.1 Å². The fourth-order valence-corrected chi connectivity index (χ4v) is 4.62. The maximum absolute atomic E-state index is 12.9. The lowest BCUT2D eigenvalue weighted by atomic mass is 10.0. The molecular formula is C24H31N5O4. The van der Waals surface area contributed by atoms with E-state index in [1.807, 2.05) is 6.07 Å². The van der Waals surface area contributed by atoms with Crippen molar-refractivity contribution in [2.24, 2.45) is 11.5 Å². The van der Waals surface area contributed by atoms with E-state index in [1.54, 1.807) is 12.1 Å². The smallest absolute Gasteiger partial charge is 0.255 e. The Morgan fingerprint density at radius 1 is 1.18 bits per heavy atom. The molecule has 3 heterocycles. The molecule has 33 heavy (non-hydrogen) atoms. The molecule has 1 aromatic carbocycles. The zero-order chi connectivity index (χ0) is 23.4. The summed E-state index contributed by atoms with van der Waals surface area (Å²) >= 11 is 0. The number of nitrogens with one attached hydrogen (secondary N) is 1. The third-order valence-corrected chi connectivity index (χ3v) is 6.44. The van der Waals surface area contributed by atoms with Crippen molar-refractivity contribution in [1.29, 1.82) is 0 Å². The lowest BCUT2D eigenvalue weighted by molar-refractivity contribution is -0.136. The van der Waals surface area contributed by atoms with Crippen LogP contribution in [0.2, 0.25) is 0 Å². The first-order chi connectivity index (χ1) is 15.9. The number of nitrogens with zero attached hydrogens (tertiary/aromatic N) is 2. The third kappa shape index (κ3) is 5.60. The van der Waals surface area contributed by atoms with Gasteiger partial charge in [-0.3, -0.25) is 19.7 Å². The summed E-state index contributed by atoms with van der Waals surface area (Å²) in [6, 6.07) is 4.98. The van der Waals surface area contributed by atoms with Crippen LogP contribution in [-0.2, 0) is 20.9 Å². The van der Waals surface area contributed by atoms with E-state index in [4.69, 9.17) is 16.2 Å². The van der Waals surface area contributed by atoms with Crippen molar-refractivity contribution >= 4 is 17.7 Å². The van der Waals surface area contributed by atoms with Crippen LogP contribution in [-0.4, -0.2) is 78.5 Å². The molecule has 0 aromatic heterocycles. The highest BCUT2D eigenvalue weighted by molar-refractivity contribution is 6.05. The first-order valence-corrected chi connectivity index (χ1v) is 11.5. The number of rotatable bonds is 6. The molecule has 0 aliphatic carbocycles. The van der Waals surface area contributed by atoms with Crippen molar-refractivity contribution in [2.75, 3.05) is 32.8 Å². The van der Waals surface area contributed by atoms with E-state index in [0.717, 1.165) is 43.6 Å². The van der Waals surface area contributed by atoms with Crippen LogP contribution >= 0.6 is 0 Å². The second-order valence-corrected chi connectivity index (χ2v) is 8.95. The van der Waals surface area contributed by atoms with Crippen LogP contribution in [0.4, 0.5) is 0 Å². The van der Waals surface area contributed by atoms with Gasteiger partial charge >= 0.3 is 0 Å². The Bertz CT molecular complexity index is 977. The zero-order valence-electron chi connectivity index (χ0n) is 18.7. The third-order valence-electron chi connectivity index (χ3n) is 6.44. The fourth-order valence-electron chi connectivity index (χ4n) is 4.62. The number of nitrogens with two attached hydrogens (primary N) is 2. The van der Waals surface area contributed by atoms with Gasteiger partial charge < -0.3 is 26.0 Å². The summed E-state index contributed by atoms with van der Waals surface area (Å²) in [5, 5.41) is 2.32. The molecular weight excluding hydrogens is 422 g/mol. The number of benzene rings is 1. The molecule has 0 saturated carbocycles. The van der Waals surface area contributed by atoms with E-state index in [1.165, 1.54) is 4.90 Å². The predicted octanol–water partition coefficient (Wildman–Crippen LogP) is -0.434. The monoisotopic (exact) mass is 453 g/mol. The van der Waals surface area contributed by atoms with E-state index >= 15 is 0 Å². The Morgan fingerprint density at radius 3 is 2.73 bits per heavy atom. The number of imide groups is 1. The van der Waals surface area contributed by atoms with Gasteiger partial charge in [0, 0.05) is 42.7 Å². The summed E-state index contributed by atoms with van der Waals surface area (Å²) in [4.78, 5) is 40.4. The normalized spacial score (nSPS) is 22.5. The fraction of sp³-hybridized carbons (Fsp3) is 0.542. The molecule has 1 unspecified atom stereocenters. The molecule has 2 fully saturated rings. The van der Waals surface area contributed by atoms with Crippen LogP contribution in [0.5, 0.6) is 0 Å². The number of carbonyl (C=O) groups excluding carboxylic acids is 3. The van der Waals surface area contributed by atoms with Gasteiger partial charge in [0.2, 0.25) is 11.8 Å². The molecule has 3 aliphatic rings. The molecule has 9 heteroatoms. The molecule has 2 atom stereocenters. The van der Waals surface area contributed by atoms with Crippen molar-refractivity contribution in [2.45, 2.75) is 50.4 Å². The highest BCUT2D eigenvalue weighted by Gasteiger charge is 2.39. The highest BCUT2D eigenvalue weighted by atomic mass is 16.5. The summed E-state index contributed by atoms with van der Waals surface area (Å²) in [7, 11) is 0. The van der Waals surface area contributed by atoms with Crippen molar-refractivity contribution in [3.05, 3.63) is 34.9 Å². The number of amides is 3. The van der Waals surface area contributed by atoms with Gasteiger partial charge in [0.25, 0.3) is 5.91 Å². The average molecular weight is 454 g/mol.